The second-order valence-corrected chi connectivity index (χ2v) is 7.04. The van der Waals surface area contributed by atoms with Crippen molar-refractivity contribution < 1.29 is 4.79 Å². The summed E-state index contributed by atoms with van der Waals surface area (Å²) in [6, 6.07) is 9.53. The molecule has 1 aromatic carbocycles. The third-order valence-corrected chi connectivity index (χ3v) is 4.15. The first-order chi connectivity index (χ1) is 12.4. The Bertz CT molecular complexity index is 725. The van der Waals surface area contributed by atoms with Crippen molar-refractivity contribution in [2.75, 3.05) is 37.8 Å². The Labute approximate surface area is 156 Å². The minimum absolute atomic E-state index is 0.243. The van der Waals surface area contributed by atoms with Gasteiger partial charge < -0.3 is 15.5 Å². The van der Waals surface area contributed by atoms with Gasteiger partial charge in [0.1, 0.15) is 5.82 Å². The van der Waals surface area contributed by atoms with Crippen LogP contribution in [0.4, 0.5) is 11.5 Å². The van der Waals surface area contributed by atoms with Crippen LogP contribution in [0, 0.1) is 6.92 Å². The second-order valence-electron chi connectivity index (χ2n) is 7.04. The summed E-state index contributed by atoms with van der Waals surface area (Å²) < 4.78 is 0. The molecule has 0 aliphatic rings. The van der Waals surface area contributed by atoms with E-state index in [9.17, 15) is 4.79 Å². The molecule has 1 heterocycles. The van der Waals surface area contributed by atoms with Crippen molar-refractivity contribution in [1.29, 1.82) is 0 Å². The summed E-state index contributed by atoms with van der Waals surface area (Å²) in [6.07, 6.45) is 1.02. The van der Waals surface area contributed by atoms with Crippen molar-refractivity contribution in [3.05, 3.63) is 47.2 Å². The quantitative estimate of drug-likeness (QED) is 0.709. The van der Waals surface area contributed by atoms with Gasteiger partial charge in [-0.25, -0.2) is 0 Å². The Hall–Kier alpha value is -2.47. The maximum absolute atomic E-state index is 12.5. The van der Waals surface area contributed by atoms with Crippen LogP contribution in [-0.2, 0) is 0 Å². The number of anilines is 2. The van der Waals surface area contributed by atoms with E-state index < -0.39 is 0 Å². The van der Waals surface area contributed by atoms with Gasteiger partial charge >= 0.3 is 0 Å². The van der Waals surface area contributed by atoms with Crippen LogP contribution in [-0.4, -0.2) is 48.2 Å². The molecule has 1 aromatic heterocycles. The number of aryl methyl sites for hydroxylation is 1. The lowest BCUT2D eigenvalue weighted by Crippen LogP contribution is -2.18. The molecule has 0 aliphatic carbocycles. The van der Waals surface area contributed by atoms with Crippen molar-refractivity contribution in [2.24, 2.45) is 0 Å². The average Bonchev–Trinajstić information content (AvgIpc) is 2.60. The van der Waals surface area contributed by atoms with Gasteiger partial charge in [0.25, 0.3) is 5.91 Å². The highest BCUT2D eigenvalue weighted by Crippen LogP contribution is 2.27. The van der Waals surface area contributed by atoms with Crippen LogP contribution in [0.15, 0.2) is 30.3 Å². The fourth-order valence-electron chi connectivity index (χ4n) is 2.68. The number of nitrogens with one attached hydrogen (secondary N) is 2. The summed E-state index contributed by atoms with van der Waals surface area (Å²) in [7, 11) is 4.10. The van der Waals surface area contributed by atoms with E-state index in [4.69, 9.17) is 0 Å². The minimum Gasteiger partial charge on any atom is -0.369 e. The van der Waals surface area contributed by atoms with E-state index in [1.165, 1.54) is 0 Å². The van der Waals surface area contributed by atoms with E-state index in [0.717, 1.165) is 36.3 Å². The molecule has 0 fully saturated rings. The Morgan fingerprint density at radius 1 is 1.15 bits per heavy atom. The van der Waals surface area contributed by atoms with E-state index in [2.05, 4.69) is 39.6 Å². The van der Waals surface area contributed by atoms with Crippen molar-refractivity contribution in [3.63, 3.8) is 0 Å². The number of hydrogen-bond acceptors (Lipinski definition) is 5. The predicted molar refractivity (Wildman–Crippen MR) is 107 cm³/mol. The molecule has 0 atom stereocenters. The van der Waals surface area contributed by atoms with Crippen LogP contribution in [0.25, 0.3) is 0 Å². The molecule has 0 aliphatic heterocycles. The Balaban J connectivity index is 2.00. The fourth-order valence-corrected chi connectivity index (χ4v) is 2.68. The van der Waals surface area contributed by atoms with Gasteiger partial charge in [0.2, 0.25) is 0 Å². The summed E-state index contributed by atoms with van der Waals surface area (Å²) in [4.78, 5) is 14.7. The monoisotopic (exact) mass is 355 g/mol. The van der Waals surface area contributed by atoms with Crippen molar-refractivity contribution in [3.8, 4) is 0 Å². The number of para-hydroxylation sites is 1. The highest BCUT2D eigenvalue weighted by molar-refractivity contribution is 6.03. The van der Waals surface area contributed by atoms with Crippen LogP contribution < -0.4 is 10.6 Å². The van der Waals surface area contributed by atoms with Gasteiger partial charge in [-0.1, -0.05) is 32.0 Å². The number of benzene rings is 1. The molecule has 0 saturated carbocycles. The van der Waals surface area contributed by atoms with Crippen molar-refractivity contribution >= 4 is 17.4 Å². The van der Waals surface area contributed by atoms with Gasteiger partial charge in [0.15, 0.2) is 5.69 Å². The van der Waals surface area contributed by atoms with Crippen molar-refractivity contribution in [2.45, 2.75) is 33.1 Å². The number of aromatic nitrogens is 2. The second kappa shape index (κ2) is 9.29. The summed E-state index contributed by atoms with van der Waals surface area (Å²) in [5, 5.41) is 14.4. The molecule has 26 heavy (non-hydrogen) atoms. The maximum Gasteiger partial charge on any atom is 0.276 e. The Kier molecular flexibility index (Phi) is 7.09. The largest absolute Gasteiger partial charge is 0.369 e. The summed E-state index contributed by atoms with van der Waals surface area (Å²) >= 11 is 0. The lowest BCUT2D eigenvalue weighted by molar-refractivity contribution is 0.102. The van der Waals surface area contributed by atoms with E-state index in [1.807, 2.05) is 39.2 Å². The van der Waals surface area contributed by atoms with Crippen molar-refractivity contribution in [1.82, 2.24) is 15.1 Å². The van der Waals surface area contributed by atoms with E-state index in [0.29, 0.717) is 17.4 Å². The molecule has 2 aromatic rings. The fraction of sp³-hybridized carbons (Fsp3) is 0.450. The van der Waals surface area contributed by atoms with Gasteiger partial charge in [0.05, 0.1) is 0 Å². The Morgan fingerprint density at radius 3 is 2.54 bits per heavy atom. The molecule has 0 spiro atoms. The first-order valence-corrected chi connectivity index (χ1v) is 9.01. The third-order valence-electron chi connectivity index (χ3n) is 4.15. The van der Waals surface area contributed by atoms with Gasteiger partial charge in [-0.3, -0.25) is 4.79 Å². The number of rotatable bonds is 8. The number of nitrogens with zero attached hydrogens (tertiary/aromatic N) is 3. The van der Waals surface area contributed by atoms with Gasteiger partial charge in [-0.15, -0.1) is 10.2 Å². The number of carbonyl (C=O) groups excluding carboxylic acids is 1. The molecule has 0 bridgehead atoms. The summed E-state index contributed by atoms with van der Waals surface area (Å²) in [5.74, 6) is 0.761. The van der Waals surface area contributed by atoms with E-state index in [1.54, 1.807) is 12.1 Å². The van der Waals surface area contributed by atoms with Crippen LogP contribution in [0.3, 0.4) is 0 Å². The molecule has 0 unspecified atom stereocenters. The zero-order valence-corrected chi connectivity index (χ0v) is 16.3. The van der Waals surface area contributed by atoms with Gasteiger partial charge in [0, 0.05) is 12.2 Å². The standard InChI is InChI=1S/C20H29N5O/c1-14(2)16-9-6-8-15(3)19(16)22-20(26)17-10-11-18(24-23-17)21-12-7-13-25(4)5/h6,8-11,14H,7,12-13H2,1-5H3,(H,21,24)(H,22,26). The van der Waals surface area contributed by atoms with Crippen LogP contribution in [0.1, 0.15) is 47.8 Å². The minimum atomic E-state index is -0.243. The zero-order valence-electron chi connectivity index (χ0n) is 16.3. The highest BCUT2D eigenvalue weighted by atomic mass is 16.1. The zero-order chi connectivity index (χ0) is 19.1. The molecule has 0 saturated heterocycles. The lowest BCUT2D eigenvalue weighted by atomic mass is 9.98. The highest BCUT2D eigenvalue weighted by Gasteiger charge is 2.14. The molecule has 0 radical (unpaired) electrons. The maximum atomic E-state index is 12.5. The number of carbonyl (C=O) groups is 1. The normalized spacial score (nSPS) is 11.0. The Morgan fingerprint density at radius 2 is 1.92 bits per heavy atom. The first-order valence-electron chi connectivity index (χ1n) is 9.01. The summed E-state index contributed by atoms with van der Waals surface area (Å²) in [6.45, 7) is 8.05. The smallest absolute Gasteiger partial charge is 0.276 e. The van der Waals surface area contributed by atoms with Gasteiger partial charge in [-0.2, -0.15) is 0 Å². The molecule has 2 rings (SSSR count). The molecule has 140 valence electrons. The predicted octanol–water partition coefficient (Wildman–Crippen LogP) is 3.52. The van der Waals surface area contributed by atoms with Crippen LogP contribution in [0.5, 0.6) is 0 Å². The molecule has 1 amide bonds. The van der Waals surface area contributed by atoms with E-state index in [-0.39, 0.29) is 5.91 Å². The summed E-state index contributed by atoms with van der Waals surface area (Å²) in [5.41, 5.74) is 3.32. The topological polar surface area (TPSA) is 70.2 Å². The molecule has 6 nitrogen and oxygen atoms in total. The van der Waals surface area contributed by atoms with E-state index >= 15 is 0 Å². The third kappa shape index (κ3) is 5.52. The molecular weight excluding hydrogens is 326 g/mol. The molecular formula is C20H29N5O. The SMILES string of the molecule is Cc1cccc(C(C)C)c1NC(=O)c1ccc(NCCCN(C)C)nn1. The lowest BCUT2D eigenvalue weighted by Gasteiger charge is -2.16. The van der Waals surface area contributed by atoms with Crippen LogP contribution in [0.2, 0.25) is 0 Å². The van der Waals surface area contributed by atoms with Gasteiger partial charge in [-0.05, 0) is 63.2 Å². The molecule has 6 heteroatoms. The number of hydrogen-bond donors (Lipinski definition) is 2. The average molecular weight is 355 g/mol. The van der Waals surface area contributed by atoms with Crippen LogP contribution >= 0.6 is 0 Å². The first kappa shape index (κ1) is 19.8. The molecule has 2 N–H and O–H groups in total. The number of amides is 1.